The van der Waals surface area contributed by atoms with Gasteiger partial charge in [0.15, 0.2) is 0 Å². The molecule has 0 aliphatic rings. The molecular formula is C23H51NO6P+. The number of quaternary nitrogens is 1. The van der Waals surface area contributed by atoms with Crippen molar-refractivity contribution in [2.45, 2.75) is 84.0 Å². The van der Waals surface area contributed by atoms with E-state index in [9.17, 15) is 9.46 Å². The fraction of sp³-hybridized carbons (Fsp3) is 1.00. The largest absolute Gasteiger partial charge is 0.472 e. The molecule has 0 aromatic heterocycles. The Morgan fingerprint density at radius 1 is 0.613 bits per heavy atom. The quantitative estimate of drug-likeness (QED) is 0.114. The van der Waals surface area contributed by atoms with E-state index in [4.69, 9.17) is 18.5 Å². The van der Waals surface area contributed by atoms with Gasteiger partial charge in [-0.15, -0.1) is 0 Å². The Morgan fingerprint density at radius 3 is 1.55 bits per heavy atom. The van der Waals surface area contributed by atoms with E-state index in [1.54, 1.807) is 0 Å². The van der Waals surface area contributed by atoms with E-state index in [0.29, 0.717) is 24.2 Å². The van der Waals surface area contributed by atoms with Crippen LogP contribution in [-0.4, -0.2) is 76.7 Å². The summed E-state index contributed by atoms with van der Waals surface area (Å²) in [5.74, 6) is 0. The van der Waals surface area contributed by atoms with Gasteiger partial charge in [0.2, 0.25) is 0 Å². The van der Waals surface area contributed by atoms with Crippen LogP contribution in [0.5, 0.6) is 0 Å². The third-order valence-electron chi connectivity index (χ3n) is 5.01. The second-order valence-electron chi connectivity index (χ2n) is 9.26. The smallest absolute Gasteiger partial charge is 0.379 e. The van der Waals surface area contributed by atoms with E-state index in [1.807, 2.05) is 21.1 Å². The molecule has 0 saturated heterocycles. The summed E-state index contributed by atoms with van der Waals surface area (Å²) in [6.07, 6.45) is 16.1. The number of unbranched alkanes of at least 4 members (excludes halogenated alkanes) is 11. The molecule has 0 bridgehead atoms. The predicted octanol–water partition coefficient (Wildman–Crippen LogP) is 5.56. The van der Waals surface area contributed by atoms with Gasteiger partial charge in [0.25, 0.3) is 0 Å². The Bertz CT molecular complexity index is 431. The molecule has 1 atom stereocenters. The van der Waals surface area contributed by atoms with Crippen molar-refractivity contribution in [2.24, 2.45) is 0 Å². The van der Waals surface area contributed by atoms with E-state index in [1.165, 1.54) is 70.6 Å². The number of phosphoric ester groups is 1. The molecular weight excluding hydrogens is 417 g/mol. The highest BCUT2D eigenvalue weighted by atomic mass is 31.2. The van der Waals surface area contributed by atoms with Crippen LogP contribution in [0.25, 0.3) is 0 Å². The van der Waals surface area contributed by atoms with Crippen molar-refractivity contribution in [2.75, 3.05) is 67.3 Å². The molecule has 0 saturated carbocycles. The monoisotopic (exact) mass is 468 g/mol. The van der Waals surface area contributed by atoms with Crippen LogP contribution in [0.15, 0.2) is 0 Å². The van der Waals surface area contributed by atoms with Gasteiger partial charge in [-0.05, 0) is 6.42 Å². The zero-order valence-corrected chi connectivity index (χ0v) is 21.7. The minimum Gasteiger partial charge on any atom is -0.379 e. The summed E-state index contributed by atoms with van der Waals surface area (Å²) < 4.78 is 33.1. The van der Waals surface area contributed by atoms with Gasteiger partial charge in [0.1, 0.15) is 13.2 Å². The standard InChI is InChI=1S/C23H50NO6P/c1-5-6-7-8-9-10-11-12-13-14-15-16-18-27-20-21-28-22-23-30-31(25,26)29-19-17-24(2,3)4/h5-23H2,1-4H3/p+1. The lowest BCUT2D eigenvalue weighted by Crippen LogP contribution is -2.37. The van der Waals surface area contributed by atoms with Gasteiger partial charge in [-0.3, -0.25) is 9.05 Å². The topological polar surface area (TPSA) is 74.2 Å². The molecule has 188 valence electrons. The molecule has 0 aliphatic heterocycles. The molecule has 1 N–H and O–H groups in total. The van der Waals surface area contributed by atoms with Crippen molar-refractivity contribution in [1.82, 2.24) is 0 Å². The Balaban J connectivity index is 3.25. The summed E-state index contributed by atoms with van der Waals surface area (Å²) in [5, 5.41) is 0. The van der Waals surface area contributed by atoms with Crippen LogP contribution in [0.3, 0.4) is 0 Å². The van der Waals surface area contributed by atoms with Crippen molar-refractivity contribution < 1.29 is 32.5 Å². The van der Waals surface area contributed by atoms with Crippen molar-refractivity contribution in [3.8, 4) is 0 Å². The average molecular weight is 469 g/mol. The second-order valence-corrected chi connectivity index (χ2v) is 10.7. The number of phosphoric acid groups is 1. The number of likely N-dealkylation sites (N-methyl/N-ethyl adjacent to an activating group) is 1. The van der Waals surface area contributed by atoms with Gasteiger partial charge in [0, 0.05) is 6.61 Å². The molecule has 0 radical (unpaired) electrons. The Morgan fingerprint density at radius 2 is 1.03 bits per heavy atom. The fourth-order valence-electron chi connectivity index (χ4n) is 3.05. The Kier molecular flexibility index (Phi) is 20.6. The van der Waals surface area contributed by atoms with Crippen molar-refractivity contribution in [3.63, 3.8) is 0 Å². The number of nitrogens with zero attached hydrogens (tertiary/aromatic N) is 1. The Hall–Kier alpha value is -0.0100. The minimum atomic E-state index is -3.99. The summed E-state index contributed by atoms with van der Waals surface area (Å²) in [6.45, 7) is 5.09. The number of rotatable bonds is 24. The number of hydrogen-bond acceptors (Lipinski definition) is 5. The summed E-state index contributed by atoms with van der Waals surface area (Å²) in [4.78, 5) is 9.58. The van der Waals surface area contributed by atoms with Crippen molar-refractivity contribution >= 4 is 7.82 Å². The van der Waals surface area contributed by atoms with E-state index in [-0.39, 0.29) is 19.8 Å². The van der Waals surface area contributed by atoms with Gasteiger partial charge >= 0.3 is 7.82 Å². The third-order valence-corrected chi connectivity index (χ3v) is 6.03. The number of hydrogen-bond donors (Lipinski definition) is 1. The highest BCUT2D eigenvalue weighted by molar-refractivity contribution is 7.47. The molecule has 0 aliphatic carbocycles. The lowest BCUT2D eigenvalue weighted by Gasteiger charge is -2.24. The maximum Gasteiger partial charge on any atom is 0.472 e. The summed E-state index contributed by atoms with van der Waals surface area (Å²) in [7, 11) is 1.97. The molecule has 0 aromatic rings. The lowest BCUT2D eigenvalue weighted by atomic mass is 10.1. The average Bonchev–Trinajstić information content (AvgIpc) is 2.68. The van der Waals surface area contributed by atoms with E-state index in [2.05, 4.69) is 6.92 Å². The second kappa shape index (κ2) is 20.6. The number of ether oxygens (including phenoxy) is 2. The zero-order valence-electron chi connectivity index (χ0n) is 20.8. The summed E-state index contributed by atoms with van der Waals surface area (Å²) in [5.41, 5.74) is 0. The SMILES string of the molecule is CCCCCCCCCCCCCCOCCOCCOP(=O)(O)OCC[N+](C)(C)C. The van der Waals surface area contributed by atoms with E-state index < -0.39 is 7.82 Å². The molecule has 1 unspecified atom stereocenters. The maximum atomic E-state index is 11.7. The first kappa shape index (κ1) is 31.0. The van der Waals surface area contributed by atoms with Gasteiger partial charge in [-0.2, -0.15) is 0 Å². The van der Waals surface area contributed by atoms with Crippen LogP contribution in [0.4, 0.5) is 0 Å². The fourth-order valence-corrected chi connectivity index (χ4v) is 3.74. The first-order valence-corrected chi connectivity index (χ1v) is 13.8. The normalized spacial score (nSPS) is 14.1. The molecule has 0 amide bonds. The highest BCUT2D eigenvalue weighted by Gasteiger charge is 2.22. The molecule has 0 aromatic carbocycles. The molecule has 0 fully saturated rings. The van der Waals surface area contributed by atoms with Crippen molar-refractivity contribution in [1.29, 1.82) is 0 Å². The molecule has 0 rings (SSSR count). The predicted molar refractivity (Wildman–Crippen MR) is 127 cm³/mol. The first-order chi connectivity index (χ1) is 14.8. The van der Waals surface area contributed by atoms with Crippen LogP contribution in [0.2, 0.25) is 0 Å². The van der Waals surface area contributed by atoms with E-state index >= 15 is 0 Å². The van der Waals surface area contributed by atoms with Crippen LogP contribution >= 0.6 is 7.82 Å². The maximum absolute atomic E-state index is 11.7. The van der Waals surface area contributed by atoms with E-state index in [0.717, 1.165) is 13.0 Å². The van der Waals surface area contributed by atoms with Crippen molar-refractivity contribution in [3.05, 3.63) is 0 Å². The van der Waals surface area contributed by atoms with Gasteiger partial charge in [-0.1, -0.05) is 77.6 Å². The molecule has 31 heavy (non-hydrogen) atoms. The summed E-state index contributed by atoms with van der Waals surface area (Å²) >= 11 is 0. The van der Waals surface area contributed by atoms with Crippen LogP contribution < -0.4 is 0 Å². The summed E-state index contributed by atoms with van der Waals surface area (Å²) in [6, 6.07) is 0. The molecule has 0 spiro atoms. The zero-order chi connectivity index (χ0) is 23.3. The molecule has 0 heterocycles. The third kappa shape index (κ3) is 26.1. The lowest BCUT2D eigenvalue weighted by molar-refractivity contribution is -0.870. The van der Waals surface area contributed by atoms with Gasteiger partial charge in [0.05, 0.1) is 47.6 Å². The molecule has 7 nitrogen and oxygen atoms in total. The van der Waals surface area contributed by atoms with Gasteiger partial charge in [-0.25, -0.2) is 4.57 Å². The minimum absolute atomic E-state index is 0.0247. The van der Waals surface area contributed by atoms with Crippen LogP contribution in [0, 0.1) is 0 Å². The highest BCUT2D eigenvalue weighted by Crippen LogP contribution is 2.42. The first-order valence-electron chi connectivity index (χ1n) is 12.3. The Labute approximate surface area is 192 Å². The molecule has 8 heteroatoms. The van der Waals surface area contributed by atoms with Crippen LogP contribution in [-0.2, 0) is 23.1 Å². The van der Waals surface area contributed by atoms with Crippen LogP contribution in [0.1, 0.15) is 84.0 Å². The van der Waals surface area contributed by atoms with Gasteiger partial charge < -0.3 is 18.9 Å².